The molecule has 3 heteroatoms. The summed E-state index contributed by atoms with van der Waals surface area (Å²) in [6, 6.07) is 7.84. The molecular weight excluding hydrogens is 214 g/mol. The Hall–Kier alpha value is 0.0900. The SMILES string of the molecule is Cc1ccc(C(Cl)C(Cl)Cl)cc1. The van der Waals surface area contributed by atoms with Gasteiger partial charge in [-0.25, -0.2) is 0 Å². The van der Waals surface area contributed by atoms with Crippen molar-refractivity contribution in [2.24, 2.45) is 0 Å². The van der Waals surface area contributed by atoms with Crippen molar-refractivity contribution in [1.29, 1.82) is 0 Å². The van der Waals surface area contributed by atoms with E-state index in [0.717, 1.165) is 5.56 Å². The molecule has 0 bridgehead atoms. The van der Waals surface area contributed by atoms with Crippen molar-refractivity contribution in [3.05, 3.63) is 35.4 Å². The number of aryl methyl sites for hydroxylation is 1. The van der Waals surface area contributed by atoms with E-state index in [9.17, 15) is 0 Å². The zero-order chi connectivity index (χ0) is 9.14. The second kappa shape index (κ2) is 4.36. The molecule has 66 valence electrons. The van der Waals surface area contributed by atoms with Gasteiger partial charge in [0.15, 0.2) is 0 Å². The first-order valence-corrected chi connectivity index (χ1v) is 4.91. The van der Waals surface area contributed by atoms with Crippen LogP contribution in [0.1, 0.15) is 16.5 Å². The van der Waals surface area contributed by atoms with Crippen LogP contribution in [0.15, 0.2) is 24.3 Å². The van der Waals surface area contributed by atoms with E-state index >= 15 is 0 Å². The molecule has 1 rings (SSSR count). The second-order valence-corrected chi connectivity index (χ2v) is 4.28. The van der Waals surface area contributed by atoms with E-state index in [1.807, 2.05) is 31.2 Å². The number of benzene rings is 1. The summed E-state index contributed by atoms with van der Waals surface area (Å²) in [5, 5.41) is -0.325. The predicted octanol–water partition coefficient (Wildman–Crippen LogP) is 4.08. The molecule has 0 radical (unpaired) electrons. The molecule has 1 aromatic rings. The Kier molecular flexibility index (Phi) is 3.70. The van der Waals surface area contributed by atoms with Crippen molar-refractivity contribution in [3.63, 3.8) is 0 Å². The first kappa shape index (κ1) is 10.2. The maximum absolute atomic E-state index is 5.93. The van der Waals surface area contributed by atoms with Crippen LogP contribution in [-0.4, -0.2) is 4.84 Å². The Morgan fingerprint density at radius 1 is 1.00 bits per heavy atom. The van der Waals surface area contributed by atoms with Crippen LogP contribution in [0.3, 0.4) is 0 Å². The predicted molar refractivity (Wildman–Crippen MR) is 55.3 cm³/mol. The lowest BCUT2D eigenvalue weighted by molar-refractivity contribution is 1.03. The summed E-state index contributed by atoms with van der Waals surface area (Å²) in [4.78, 5) is -0.561. The molecule has 0 saturated heterocycles. The van der Waals surface area contributed by atoms with E-state index < -0.39 is 4.84 Å². The van der Waals surface area contributed by atoms with Gasteiger partial charge in [0.2, 0.25) is 0 Å². The minimum Gasteiger partial charge on any atom is -0.115 e. The van der Waals surface area contributed by atoms with Gasteiger partial charge < -0.3 is 0 Å². The highest BCUT2D eigenvalue weighted by Gasteiger charge is 2.15. The van der Waals surface area contributed by atoms with Gasteiger partial charge in [-0.15, -0.1) is 34.8 Å². The zero-order valence-corrected chi connectivity index (χ0v) is 8.87. The Labute approximate surface area is 87.4 Å². The lowest BCUT2D eigenvalue weighted by atomic mass is 10.1. The molecule has 1 atom stereocenters. The third-order valence-corrected chi connectivity index (χ3v) is 2.88. The highest BCUT2D eigenvalue weighted by molar-refractivity contribution is 6.48. The standard InChI is InChI=1S/C9H9Cl3/c1-6-2-4-7(5-3-6)8(10)9(11)12/h2-5,8-9H,1H3. The lowest BCUT2D eigenvalue weighted by Crippen LogP contribution is -1.98. The van der Waals surface area contributed by atoms with Crippen molar-refractivity contribution in [3.8, 4) is 0 Å². The Morgan fingerprint density at radius 2 is 1.50 bits per heavy atom. The van der Waals surface area contributed by atoms with Crippen molar-refractivity contribution < 1.29 is 0 Å². The monoisotopic (exact) mass is 222 g/mol. The van der Waals surface area contributed by atoms with E-state index in [2.05, 4.69) is 0 Å². The highest BCUT2D eigenvalue weighted by atomic mass is 35.5. The molecule has 0 aliphatic rings. The average Bonchev–Trinajstić information content (AvgIpc) is 2.04. The van der Waals surface area contributed by atoms with Gasteiger partial charge >= 0.3 is 0 Å². The molecule has 0 N–H and O–H groups in total. The van der Waals surface area contributed by atoms with Gasteiger partial charge in [0.05, 0.1) is 5.38 Å². The highest BCUT2D eigenvalue weighted by Crippen LogP contribution is 2.30. The van der Waals surface area contributed by atoms with E-state index in [0.29, 0.717) is 0 Å². The fourth-order valence-corrected chi connectivity index (χ4v) is 1.33. The van der Waals surface area contributed by atoms with E-state index in [1.165, 1.54) is 5.56 Å². The van der Waals surface area contributed by atoms with Crippen LogP contribution in [0.5, 0.6) is 0 Å². The molecule has 0 heterocycles. The molecule has 0 aliphatic heterocycles. The topological polar surface area (TPSA) is 0 Å². The second-order valence-electron chi connectivity index (χ2n) is 2.65. The number of hydrogen-bond acceptors (Lipinski definition) is 0. The zero-order valence-electron chi connectivity index (χ0n) is 6.60. The molecule has 12 heavy (non-hydrogen) atoms. The van der Waals surface area contributed by atoms with Gasteiger partial charge in [0.25, 0.3) is 0 Å². The summed E-state index contributed by atoms with van der Waals surface area (Å²) >= 11 is 17.2. The smallest absolute Gasteiger partial charge is 0.115 e. The third kappa shape index (κ3) is 2.55. The van der Waals surface area contributed by atoms with Crippen molar-refractivity contribution in [2.75, 3.05) is 0 Å². The Morgan fingerprint density at radius 3 is 1.92 bits per heavy atom. The molecule has 0 spiro atoms. The molecule has 0 aliphatic carbocycles. The summed E-state index contributed by atoms with van der Waals surface area (Å²) in [7, 11) is 0. The number of alkyl halides is 3. The van der Waals surface area contributed by atoms with Crippen molar-refractivity contribution in [1.82, 2.24) is 0 Å². The number of hydrogen-bond donors (Lipinski definition) is 0. The van der Waals surface area contributed by atoms with E-state index in [1.54, 1.807) is 0 Å². The third-order valence-electron chi connectivity index (χ3n) is 1.62. The summed E-state index contributed by atoms with van der Waals surface area (Å²) in [5.41, 5.74) is 2.15. The van der Waals surface area contributed by atoms with Crippen molar-refractivity contribution in [2.45, 2.75) is 17.1 Å². The molecule has 0 saturated carbocycles. The Bertz CT molecular complexity index is 240. The summed E-state index contributed by atoms with van der Waals surface area (Å²) < 4.78 is 0. The molecule has 1 unspecified atom stereocenters. The maximum Gasteiger partial charge on any atom is 0.128 e. The van der Waals surface area contributed by atoms with Crippen LogP contribution < -0.4 is 0 Å². The fraction of sp³-hybridized carbons (Fsp3) is 0.333. The molecule has 0 amide bonds. The van der Waals surface area contributed by atoms with Gasteiger partial charge in [0.1, 0.15) is 4.84 Å². The van der Waals surface area contributed by atoms with Crippen LogP contribution in [-0.2, 0) is 0 Å². The van der Waals surface area contributed by atoms with Crippen LogP contribution in [0.25, 0.3) is 0 Å². The first-order valence-electron chi connectivity index (χ1n) is 3.60. The van der Waals surface area contributed by atoms with Crippen LogP contribution in [0, 0.1) is 6.92 Å². The van der Waals surface area contributed by atoms with Crippen LogP contribution in [0.2, 0.25) is 0 Å². The number of halogens is 3. The van der Waals surface area contributed by atoms with Gasteiger partial charge in [-0.05, 0) is 12.5 Å². The Balaban J connectivity index is 2.82. The van der Waals surface area contributed by atoms with Gasteiger partial charge in [0, 0.05) is 0 Å². The first-order chi connectivity index (χ1) is 5.61. The fourth-order valence-electron chi connectivity index (χ4n) is 0.896. The quantitative estimate of drug-likeness (QED) is 0.663. The molecule has 0 aromatic heterocycles. The van der Waals surface area contributed by atoms with Gasteiger partial charge in [-0.3, -0.25) is 0 Å². The summed E-state index contributed by atoms with van der Waals surface area (Å²) in [6.45, 7) is 2.02. The summed E-state index contributed by atoms with van der Waals surface area (Å²) in [6.07, 6.45) is 0. The minimum atomic E-state index is -0.561. The maximum atomic E-state index is 5.93. The largest absolute Gasteiger partial charge is 0.128 e. The number of rotatable bonds is 2. The van der Waals surface area contributed by atoms with Crippen LogP contribution in [0.4, 0.5) is 0 Å². The summed E-state index contributed by atoms with van der Waals surface area (Å²) in [5.74, 6) is 0. The lowest BCUT2D eigenvalue weighted by Gasteiger charge is -2.09. The molecule has 0 fully saturated rings. The van der Waals surface area contributed by atoms with Crippen molar-refractivity contribution >= 4 is 34.8 Å². The van der Waals surface area contributed by atoms with E-state index in [-0.39, 0.29) is 5.38 Å². The molecule has 0 nitrogen and oxygen atoms in total. The van der Waals surface area contributed by atoms with Gasteiger partial charge in [-0.2, -0.15) is 0 Å². The van der Waals surface area contributed by atoms with Gasteiger partial charge in [-0.1, -0.05) is 29.8 Å². The normalized spacial score (nSPS) is 13.4. The minimum absolute atomic E-state index is 0.325. The molecular formula is C9H9Cl3. The average molecular weight is 224 g/mol. The molecule has 1 aromatic carbocycles. The van der Waals surface area contributed by atoms with Crippen LogP contribution >= 0.6 is 34.8 Å². The van der Waals surface area contributed by atoms with E-state index in [4.69, 9.17) is 34.8 Å².